The number of hydrogen-bond acceptors (Lipinski definition) is 3. The van der Waals surface area contributed by atoms with Gasteiger partial charge in [0, 0.05) is 13.1 Å². The molecule has 3 aromatic rings. The van der Waals surface area contributed by atoms with Crippen molar-refractivity contribution in [2.75, 3.05) is 0 Å². The first kappa shape index (κ1) is 14.3. The normalized spacial score (nSPS) is 14.0. The Hall–Kier alpha value is -2.27. The first-order valence-electron chi connectivity index (χ1n) is 7.83. The molecule has 1 aliphatic rings. The van der Waals surface area contributed by atoms with E-state index in [0.717, 1.165) is 35.1 Å². The van der Waals surface area contributed by atoms with Gasteiger partial charge in [0.05, 0.1) is 0 Å². The van der Waals surface area contributed by atoms with Gasteiger partial charge >= 0.3 is 0 Å². The third kappa shape index (κ3) is 2.23. The molecule has 0 radical (unpaired) electrons. The highest BCUT2D eigenvalue weighted by molar-refractivity contribution is 7.08. The summed E-state index contributed by atoms with van der Waals surface area (Å²) in [5, 5.41) is 14.7. The monoisotopic (exact) mass is 326 g/mol. The highest BCUT2D eigenvalue weighted by Crippen LogP contribution is 2.34. The largest absolute Gasteiger partial charge is 0.493 e. The van der Waals surface area contributed by atoms with Crippen molar-refractivity contribution in [1.29, 1.82) is 0 Å². The molecule has 0 saturated carbocycles. The number of aryl methyl sites for hydroxylation is 1. The summed E-state index contributed by atoms with van der Waals surface area (Å²) in [5.41, 5.74) is 4.37. The van der Waals surface area contributed by atoms with Gasteiger partial charge in [-0.25, -0.2) is 4.68 Å². The van der Waals surface area contributed by atoms with Crippen molar-refractivity contribution in [1.82, 2.24) is 9.36 Å². The number of benzene rings is 1. The molecule has 3 heterocycles. The second-order valence-electron chi connectivity index (χ2n) is 6.00. The molecule has 0 unspecified atom stereocenters. The standard InChI is InChI=1S/C18H18N2O2S/c1-12-4-5-13(14-6-9-23-11-14)10-15(12)16-17(21)19-7-2-3-8-20(19)18(16)22/h4-6,9-11,21H,2-3,7-8H2,1H3. The van der Waals surface area contributed by atoms with Crippen molar-refractivity contribution < 1.29 is 5.11 Å². The number of aromatic nitrogens is 2. The molecule has 2 aromatic heterocycles. The fourth-order valence-corrected chi connectivity index (χ4v) is 3.95. The van der Waals surface area contributed by atoms with E-state index < -0.39 is 0 Å². The molecular formula is C18H18N2O2S. The number of aromatic hydroxyl groups is 1. The first-order chi connectivity index (χ1) is 11.2. The molecule has 118 valence electrons. The van der Waals surface area contributed by atoms with Crippen LogP contribution in [0.2, 0.25) is 0 Å². The zero-order valence-corrected chi connectivity index (χ0v) is 13.8. The summed E-state index contributed by atoms with van der Waals surface area (Å²) < 4.78 is 3.39. The quantitative estimate of drug-likeness (QED) is 0.777. The van der Waals surface area contributed by atoms with Crippen molar-refractivity contribution >= 4 is 11.3 Å². The SMILES string of the molecule is Cc1ccc(-c2ccsc2)cc1-c1c(O)n2n(c1=O)CCCC2. The van der Waals surface area contributed by atoms with Gasteiger partial charge in [0.1, 0.15) is 5.56 Å². The van der Waals surface area contributed by atoms with Crippen LogP contribution in [0.15, 0.2) is 39.8 Å². The van der Waals surface area contributed by atoms with Crippen LogP contribution in [0.4, 0.5) is 0 Å². The predicted octanol–water partition coefficient (Wildman–Crippen LogP) is 3.85. The zero-order chi connectivity index (χ0) is 16.0. The van der Waals surface area contributed by atoms with E-state index in [1.165, 1.54) is 0 Å². The van der Waals surface area contributed by atoms with Gasteiger partial charge < -0.3 is 5.11 Å². The van der Waals surface area contributed by atoms with Crippen molar-refractivity contribution in [3.05, 3.63) is 50.9 Å². The van der Waals surface area contributed by atoms with Crippen LogP contribution in [0.1, 0.15) is 18.4 Å². The lowest BCUT2D eigenvalue weighted by Gasteiger charge is -2.16. The highest BCUT2D eigenvalue weighted by Gasteiger charge is 2.24. The molecule has 1 aliphatic heterocycles. The Morgan fingerprint density at radius 2 is 1.87 bits per heavy atom. The Morgan fingerprint density at radius 1 is 1.09 bits per heavy atom. The van der Waals surface area contributed by atoms with Gasteiger partial charge in [-0.15, -0.1) is 0 Å². The minimum absolute atomic E-state index is 0.0900. The molecule has 23 heavy (non-hydrogen) atoms. The zero-order valence-electron chi connectivity index (χ0n) is 13.0. The van der Waals surface area contributed by atoms with Crippen molar-refractivity contribution in [3.63, 3.8) is 0 Å². The van der Waals surface area contributed by atoms with Crippen molar-refractivity contribution in [2.45, 2.75) is 32.9 Å². The van der Waals surface area contributed by atoms with Crippen LogP contribution < -0.4 is 5.56 Å². The molecule has 1 N–H and O–H groups in total. The summed E-state index contributed by atoms with van der Waals surface area (Å²) >= 11 is 1.65. The Balaban J connectivity index is 1.93. The minimum atomic E-state index is -0.0900. The summed E-state index contributed by atoms with van der Waals surface area (Å²) in [6.45, 7) is 3.35. The lowest BCUT2D eigenvalue weighted by Crippen LogP contribution is -2.27. The van der Waals surface area contributed by atoms with Crippen LogP contribution in [0.5, 0.6) is 5.88 Å². The second kappa shape index (κ2) is 5.42. The molecule has 5 heteroatoms. The lowest BCUT2D eigenvalue weighted by atomic mass is 9.97. The second-order valence-corrected chi connectivity index (χ2v) is 6.78. The Bertz CT molecular complexity index is 919. The van der Waals surface area contributed by atoms with Crippen LogP contribution in [0.3, 0.4) is 0 Å². The Labute approximate surface area is 138 Å². The molecule has 0 atom stereocenters. The molecule has 0 aliphatic carbocycles. The topological polar surface area (TPSA) is 47.2 Å². The van der Waals surface area contributed by atoms with Gasteiger partial charge in [-0.3, -0.25) is 9.48 Å². The molecular weight excluding hydrogens is 308 g/mol. The number of fused-ring (bicyclic) bond motifs is 1. The van der Waals surface area contributed by atoms with E-state index in [4.69, 9.17) is 0 Å². The highest BCUT2D eigenvalue weighted by atomic mass is 32.1. The maximum Gasteiger partial charge on any atom is 0.278 e. The molecule has 4 nitrogen and oxygen atoms in total. The van der Waals surface area contributed by atoms with Crippen LogP contribution in [-0.2, 0) is 13.1 Å². The lowest BCUT2D eigenvalue weighted by molar-refractivity contribution is 0.305. The molecule has 1 aromatic carbocycles. The van der Waals surface area contributed by atoms with Gasteiger partial charge in [0.15, 0.2) is 0 Å². The van der Waals surface area contributed by atoms with Crippen LogP contribution in [0, 0.1) is 6.92 Å². The average Bonchev–Trinajstić information content (AvgIpc) is 3.18. The Kier molecular flexibility index (Phi) is 3.38. The van der Waals surface area contributed by atoms with Crippen molar-refractivity contribution in [3.8, 4) is 28.1 Å². The van der Waals surface area contributed by atoms with E-state index >= 15 is 0 Å². The molecule has 0 amide bonds. The third-order valence-corrected chi connectivity index (χ3v) is 5.24. The van der Waals surface area contributed by atoms with Crippen LogP contribution in [0.25, 0.3) is 22.3 Å². The van der Waals surface area contributed by atoms with E-state index in [1.54, 1.807) is 20.7 Å². The third-order valence-electron chi connectivity index (χ3n) is 4.56. The maximum absolute atomic E-state index is 12.8. The number of hydrogen-bond donors (Lipinski definition) is 1. The Morgan fingerprint density at radius 3 is 2.57 bits per heavy atom. The van der Waals surface area contributed by atoms with E-state index in [0.29, 0.717) is 18.7 Å². The predicted molar refractivity (Wildman–Crippen MR) is 93.1 cm³/mol. The summed E-state index contributed by atoms with van der Waals surface area (Å²) in [6, 6.07) is 8.16. The molecule has 0 fully saturated rings. The number of nitrogens with zero attached hydrogens (tertiary/aromatic N) is 2. The van der Waals surface area contributed by atoms with Crippen LogP contribution in [-0.4, -0.2) is 14.5 Å². The number of thiophene rings is 1. The molecule has 4 rings (SSSR count). The van der Waals surface area contributed by atoms with Gasteiger partial charge in [0.2, 0.25) is 5.88 Å². The van der Waals surface area contributed by atoms with Gasteiger partial charge in [0.25, 0.3) is 5.56 Å². The van der Waals surface area contributed by atoms with E-state index in [1.807, 2.05) is 24.4 Å². The number of rotatable bonds is 2. The van der Waals surface area contributed by atoms with Gasteiger partial charge in [-0.1, -0.05) is 12.1 Å². The fourth-order valence-electron chi connectivity index (χ4n) is 3.29. The van der Waals surface area contributed by atoms with Crippen LogP contribution >= 0.6 is 11.3 Å². The molecule has 0 spiro atoms. The van der Waals surface area contributed by atoms with E-state index in [-0.39, 0.29) is 11.4 Å². The van der Waals surface area contributed by atoms with Crippen molar-refractivity contribution in [2.24, 2.45) is 0 Å². The maximum atomic E-state index is 12.8. The first-order valence-corrected chi connectivity index (χ1v) is 8.77. The van der Waals surface area contributed by atoms with Gasteiger partial charge in [-0.05, 0) is 64.9 Å². The fraction of sp³-hybridized carbons (Fsp3) is 0.278. The smallest absolute Gasteiger partial charge is 0.278 e. The summed E-state index contributed by atoms with van der Waals surface area (Å²) in [5.74, 6) is 0.0975. The van der Waals surface area contributed by atoms with Gasteiger partial charge in [-0.2, -0.15) is 11.3 Å². The summed E-state index contributed by atoms with van der Waals surface area (Å²) in [4.78, 5) is 12.8. The molecule has 0 saturated heterocycles. The summed E-state index contributed by atoms with van der Waals surface area (Å²) in [7, 11) is 0. The van der Waals surface area contributed by atoms with E-state index in [9.17, 15) is 9.90 Å². The van der Waals surface area contributed by atoms with E-state index in [2.05, 4.69) is 17.5 Å². The average molecular weight is 326 g/mol. The minimum Gasteiger partial charge on any atom is -0.493 e. The summed E-state index contributed by atoms with van der Waals surface area (Å²) in [6.07, 6.45) is 1.98. The molecule has 0 bridgehead atoms.